The summed E-state index contributed by atoms with van der Waals surface area (Å²) in [5.74, 6) is 2.80. The van der Waals surface area contributed by atoms with Crippen molar-refractivity contribution < 1.29 is 14.3 Å². The minimum absolute atomic E-state index is 0.0821. The molecule has 0 bridgehead atoms. The minimum atomic E-state index is -0.0821. The zero-order chi connectivity index (χ0) is 18.7. The average molecular weight is 361 g/mol. The highest BCUT2D eigenvalue weighted by Crippen LogP contribution is 2.66. The summed E-state index contributed by atoms with van der Waals surface area (Å²) in [6.45, 7) is 9.24. The second kappa shape index (κ2) is 6.43. The first-order valence-corrected chi connectivity index (χ1v) is 11.0. The van der Waals surface area contributed by atoms with E-state index in [4.69, 9.17) is 4.74 Å². The molecule has 0 unspecified atom stereocenters. The fourth-order valence-corrected chi connectivity index (χ4v) is 8.17. The largest absolute Gasteiger partial charge is 0.378 e. The maximum absolute atomic E-state index is 13.5. The predicted octanol–water partition coefficient (Wildman–Crippen LogP) is 4.82. The van der Waals surface area contributed by atoms with Crippen molar-refractivity contribution in [2.24, 2.45) is 40.4 Å². The standard InChI is InChI=1S/C23H36O3/c1-5-26-16-8-6-15-7-9-17-19-11-10-18(14(2)24)23(19,4)13-20(25)21(17)22(15,3)12-16/h15-19,21H,5-13H2,1-4H3/t15-,16-,17+,18-,19+,21-,22+,23-/m1/s1. The first-order chi connectivity index (χ1) is 12.3. The molecule has 4 saturated carbocycles. The van der Waals surface area contributed by atoms with E-state index in [0.717, 1.165) is 32.3 Å². The van der Waals surface area contributed by atoms with Crippen LogP contribution in [-0.4, -0.2) is 24.3 Å². The molecule has 0 amide bonds. The van der Waals surface area contributed by atoms with Gasteiger partial charge in [-0.1, -0.05) is 13.8 Å². The fraction of sp³-hybridized carbons (Fsp3) is 0.913. The lowest BCUT2D eigenvalue weighted by molar-refractivity contribution is -0.165. The van der Waals surface area contributed by atoms with Gasteiger partial charge in [0.1, 0.15) is 11.6 Å². The van der Waals surface area contributed by atoms with Crippen LogP contribution in [0.25, 0.3) is 0 Å². The second-order valence-corrected chi connectivity index (χ2v) is 10.3. The van der Waals surface area contributed by atoms with Gasteiger partial charge in [-0.05, 0) is 87.4 Å². The minimum Gasteiger partial charge on any atom is -0.378 e. The molecule has 4 aliphatic carbocycles. The van der Waals surface area contributed by atoms with Crippen LogP contribution in [0.1, 0.15) is 79.1 Å². The third-order valence-electron chi connectivity index (χ3n) is 9.15. The molecule has 4 fully saturated rings. The Morgan fingerprint density at radius 2 is 1.81 bits per heavy atom. The van der Waals surface area contributed by atoms with Gasteiger partial charge in [-0.25, -0.2) is 0 Å². The molecular weight excluding hydrogens is 324 g/mol. The molecule has 0 heterocycles. The zero-order valence-electron chi connectivity index (χ0n) is 17.1. The van der Waals surface area contributed by atoms with Gasteiger partial charge >= 0.3 is 0 Å². The van der Waals surface area contributed by atoms with Gasteiger partial charge in [0.25, 0.3) is 0 Å². The number of Topliss-reactive ketones (excluding diaryl/α,β-unsaturated/α-hetero) is 2. The van der Waals surface area contributed by atoms with E-state index in [1.54, 1.807) is 6.92 Å². The number of hydrogen-bond donors (Lipinski definition) is 0. The zero-order valence-corrected chi connectivity index (χ0v) is 17.1. The normalized spacial score (nSPS) is 50.7. The van der Waals surface area contributed by atoms with Crippen molar-refractivity contribution >= 4 is 11.6 Å². The molecule has 3 nitrogen and oxygen atoms in total. The number of ketones is 2. The number of carbonyl (C=O) groups excluding carboxylic acids is 2. The lowest BCUT2D eigenvalue weighted by atomic mass is 9.44. The molecule has 8 atom stereocenters. The summed E-state index contributed by atoms with van der Waals surface area (Å²) in [6, 6.07) is 0. The van der Waals surface area contributed by atoms with Crippen molar-refractivity contribution in [3.8, 4) is 0 Å². The third kappa shape index (κ3) is 2.56. The SMILES string of the molecule is CCO[C@@H]1CC[C@@H]2CC[C@H]3[C@@H]4CC[C@H](C(C)=O)[C@@]4(C)CC(=O)[C@@H]3[C@@]2(C)C1. The topological polar surface area (TPSA) is 43.4 Å². The van der Waals surface area contributed by atoms with Crippen molar-refractivity contribution in [1.29, 1.82) is 0 Å². The summed E-state index contributed by atoms with van der Waals surface area (Å²) in [5.41, 5.74) is 0.0228. The highest BCUT2D eigenvalue weighted by atomic mass is 16.5. The van der Waals surface area contributed by atoms with Crippen LogP contribution < -0.4 is 0 Å². The van der Waals surface area contributed by atoms with Crippen LogP contribution in [-0.2, 0) is 14.3 Å². The maximum Gasteiger partial charge on any atom is 0.137 e. The van der Waals surface area contributed by atoms with Crippen molar-refractivity contribution in [2.45, 2.75) is 85.2 Å². The van der Waals surface area contributed by atoms with E-state index in [0.29, 0.717) is 41.8 Å². The fourth-order valence-electron chi connectivity index (χ4n) is 8.17. The van der Waals surface area contributed by atoms with E-state index in [1.807, 2.05) is 0 Å². The average Bonchev–Trinajstić information content (AvgIpc) is 2.90. The Labute approximate surface area is 158 Å². The summed E-state index contributed by atoms with van der Waals surface area (Å²) >= 11 is 0. The third-order valence-corrected chi connectivity index (χ3v) is 9.15. The van der Waals surface area contributed by atoms with E-state index in [2.05, 4.69) is 20.8 Å². The lowest BCUT2D eigenvalue weighted by Gasteiger charge is -2.60. The van der Waals surface area contributed by atoms with Crippen LogP contribution >= 0.6 is 0 Å². The summed E-state index contributed by atoms with van der Waals surface area (Å²) in [5, 5.41) is 0. The molecule has 146 valence electrons. The Morgan fingerprint density at radius 3 is 2.50 bits per heavy atom. The van der Waals surface area contributed by atoms with Gasteiger partial charge in [0, 0.05) is 24.9 Å². The first-order valence-electron chi connectivity index (χ1n) is 11.0. The second-order valence-electron chi connectivity index (χ2n) is 10.3. The molecule has 26 heavy (non-hydrogen) atoms. The highest BCUT2D eigenvalue weighted by Gasteiger charge is 2.63. The predicted molar refractivity (Wildman–Crippen MR) is 102 cm³/mol. The molecule has 0 saturated heterocycles. The Kier molecular flexibility index (Phi) is 4.61. The summed E-state index contributed by atoms with van der Waals surface area (Å²) in [7, 11) is 0. The molecule has 0 aliphatic heterocycles. The number of fused-ring (bicyclic) bond motifs is 5. The summed E-state index contributed by atoms with van der Waals surface area (Å²) < 4.78 is 6.01. The Morgan fingerprint density at radius 1 is 1.08 bits per heavy atom. The molecule has 0 spiro atoms. The molecule has 4 rings (SSSR count). The van der Waals surface area contributed by atoms with Crippen LogP contribution in [0.3, 0.4) is 0 Å². The Balaban J connectivity index is 1.65. The summed E-state index contributed by atoms with van der Waals surface area (Å²) in [6.07, 6.45) is 8.99. The number of hydrogen-bond acceptors (Lipinski definition) is 3. The Hall–Kier alpha value is -0.700. The van der Waals surface area contributed by atoms with Gasteiger partial charge in [0.05, 0.1) is 6.10 Å². The van der Waals surface area contributed by atoms with Crippen molar-refractivity contribution in [3.05, 3.63) is 0 Å². The van der Waals surface area contributed by atoms with Crippen molar-refractivity contribution in [3.63, 3.8) is 0 Å². The van der Waals surface area contributed by atoms with Gasteiger partial charge in [-0.15, -0.1) is 0 Å². The van der Waals surface area contributed by atoms with Crippen LogP contribution in [0, 0.1) is 40.4 Å². The molecular formula is C23H36O3. The highest BCUT2D eigenvalue weighted by molar-refractivity contribution is 5.87. The van der Waals surface area contributed by atoms with E-state index < -0.39 is 0 Å². The first kappa shape index (κ1) is 18.7. The van der Waals surface area contributed by atoms with E-state index in [9.17, 15) is 9.59 Å². The number of ether oxygens (including phenoxy) is 1. The molecule has 0 aromatic rings. The summed E-state index contributed by atoms with van der Waals surface area (Å²) in [4.78, 5) is 25.8. The van der Waals surface area contributed by atoms with Gasteiger partial charge in [-0.2, -0.15) is 0 Å². The van der Waals surface area contributed by atoms with Gasteiger partial charge in [0.2, 0.25) is 0 Å². The molecule has 0 N–H and O–H groups in total. The molecule has 0 aromatic heterocycles. The molecule has 0 aromatic carbocycles. The van der Waals surface area contributed by atoms with Gasteiger partial charge in [-0.3, -0.25) is 9.59 Å². The van der Waals surface area contributed by atoms with Crippen LogP contribution in [0.4, 0.5) is 0 Å². The monoisotopic (exact) mass is 360 g/mol. The van der Waals surface area contributed by atoms with Crippen LogP contribution in [0.2, 0.25) is 0 Å². The number of rotatable bonds is 3. The van der Waals surface area contributed by atoms with Crippen molar-refractivity contribution in [1.82, 2.24) is 0 Å². The molecule has 3 heteroatoms. The number of carbonyl (C=O) groups is 2. The van der Waals surface area contributed by atoms with Crippen molar-refractivity contribution in [2.75, 3.05) is 6.61 Å². The lowest BCUT2D eigenvalue weighted by Crippen LogP contribution is -2.58. The maximum atomic E-state index is 13.5. The van der Waals surface area contributed by atoms with E-state index in [1.165, 1.54) is 19.3 Å². The van der Waals surface area contributed by atoms with Gasteiger partial charge in [0.15, 0.2) is 0 Å². The molecule has 0 radical (unpaired) electrons. The van der Waals surface area contributed by atoms with E-state index in [-0.39, 0.29) is 22.7 Å². The quantitative estimate of drug-likeness (QED) is 0.725. The van der Waals surface area contributed by atoms with Gasteiger partial charge < -0.3 is 4.74 Å². The Bertz CT molecular complexity index is 598. The smallest absolute Gasteiger partial charge is 0.137 e. The van der Waals surface area contributed by atoms with Crippen LogP contribution in [0.5, 0.6) is 0 Å². The molecule has 4 aliphatic rings. The van der Waals surface area contributed by atoms with E-state index >= 15 is 0 Å². The van der Waals surface area contributed by atoms with Crippen LogP contribution in [0.15, 0.2) is 0 Å².